The Balaban J connectivity index is 1.86. The Morgan fingerprint density at radius 2 is 1.79 bits per heavy atom. The van der Waals surface area contributed by atoms with E-state index < -0.39 is 0 Å². The number of rotatable bonds is 3. The molecule has 1 aromatic heterocycles. The van der Waals surface area contributed by atoms with Crippen LogP contribution in [0.5, 0.6) is 11.5 Å². The Morgan fingerprint density at radius 1 is 0.931 bits per heavy atom. The third kappa shape index (κ3) is 2.91. The van der Waals surface area contributed by atoms with Gasteiger partial charge in [0.05, 0.1) is 25.4 Å². The summed E-state index contributed by atoms with van der Waals surface area (Å²) in [5, 5.41) is 3.84. The molecule has 0 spiro atoms. The summed E-state index contributed by atoms with van der Waals surface area (Å²) < 4.78 is 11.1. The summed E-state index contributed by atoms with van der Waals surface area (Å²) in [6, 6.07) is 18.9. The van der Waals surface area contributed by atoms with Crippen molar-refractivity contribution in [1.29, 1.82) is 0 Å². The maximum atomic E-state index is 5.71. The van der Waals surface area contributed by atoms with Crippen molar-refractivity contribution in [3.05, 3.63) is 65.7 Å². The van der Waals surface area contributed by atoms with Crippen molar-refractivity contribution in [2.75, 3.05) is 27.8 Å². The lowest BCUT2D eigenvalue weighted by molar-refractivity contribution is 0.314. The van der Waals surface area contributed by atoms with Gasteiger partial charge in [-0.2, -0.15) is 0 Å². The topological polar surface area (TPSA) is 34.6 Å². The SMILES string of the molecule is COc1ccc(-c2nc3ccc4ccccc4c3c3c2CN(C)CC3)c(OC)c1. The number of benzene rings is 3. The normalized spacial score (nSPS) is 14.2. The van der Waals surface area contributed by atoms with Crippen molar-refractivity contribution >= 4 is 21.7 Å². The molecule has 29 heavy (non-hydrogen) atoms. The standard InChI is InChI=1S/C25H24N2O2/c1-27-13-12-19-21(15-27)25(20-10-9-17(28-2)14-23(20)29-3)26-22-11-8-16-6-4-5-7-18(16)24(19)22/h4-11,14H,12-13,15H2,1-3H3. The van der Waals surface area contributed by atoms with Crippen LogP contribution < -0.4 is 9.47 Å². The molecule has 0 radical (unpaired) electrons. The first kappa shape index (κ1) is 18.0. The van der Waals surface area contributed by atoms with Gasteiger partial charge in [0.2, 0.25) is 0 Å². The maximum absolute atomic E-state index is 5.71. The van der Waals surface area contributed by atoms with E-state index in [-0.39, 0.29) is 0 Å². The minimum absolute atomic E-state index is 0.781. The highest BCUT2D eigenvalue weighted by Gasteiger charge is 2.24. The molecule has 1 aliphatic heterocycles. The molecule has 0 N–H and O–H groups in total. The summed E-state index contributed by atoms with van der Waals surface area (Å²) in [6.45, 7) is 1.93. The summed E-state index contributed by atoms with van der Waals surface area (Å²) >= 11 is 0. The molecule has 3 aromatic carbocycles. The summed E-state index contributed by atoms with van der Waals surface area (Å²) in [5.41, 5.74) is 5.77. The predicted molar refractivity (Wildman–Crippen MR) is 118 cm³/mol. The first-order valence-corrected chi connectivity index (χ1v) is 9.93. The van der Waals surface area contributed by atoms with Crippen molar-refractivity contribution in [2.24, 2.45) is 0 Å². The van der Waals surface area contributed by atoms with E-state index in [0.29, 0.717) is 0 Å². The number of nitrogens with zero attached hydrogens (tertiary/aromatic N) is 2. The molecule has 2 heterocycles. The molecule has 5 rings (SSSR count). The Kier molecular flexibility index (Phi) is 4.36. The van der Waals surface area contributed by atoms with Gasteiger partial charge in [0.15, 0.2) is 0 Å². The van der Waals surface area contributed by atoms with Crippen LogP contribution in [-0.2, 0) is 13.0 Å². The number of ether oxygens (including phenoxy) is 2. The molecule has 4 heteroatoms. The highest BCUT2D eigenvalue weighted by molar-refractivity contribution is 6.09. The van der Waals surface area contributed by atoms with E-state index in [1.54, 1.807) is 14.2 Å². The van der Waals surface area contributed by atoms with E-state index >= 15 is 0 Å². The minimum atomic E-state index is 0.781. The van der Waals surface area contributed by atoms with Crippen molar-refractivity contribution in [1.82, 2.24) is 9.88 Å². The molecule has 146 valence electrons. The van der Waals surface area contributed by atoms with Gasteiger partial charge in [-0.1, -0.05) is 30.3 Å². The van der Waals surface area contributed by atoms with E-state index in [1.165, 1.54) is 27.3 Å². The van der Waals surface area contributed by atoms with Crippen LogP contribution in [0, 0.1) is 0 Å². The molecule has 0 fully saturated rings. The van der Waals surface area contributed by atoms with Crippen LogP contribution in [0.15, 0.2) is 54.6 Å². The molecule has 4 aromatic rings. The van der Waals surface area contributed by atoms with Gasteiger partial charge < -0.3 is 14.4 Å². The lowest BCUT2D eigenvalue weighted by atomic mass is 9.89. The van der Waals surface area contributed by atoms with Crippen molar-refractivity contribution in [2.45, 2.75) is 13.0 Å². The largest absolute Gasteiger partial charge is 0.497 e. The van der Waals surface area contributed by atoms with E-state index in [0.717, 1.165) is 47.8 Å². The van der Waals surface area contributed by atoms with E-state index in [2.05, 4.69) is 54.4 Å². The molecule has 0 bridgehead atoms. The molecule has 4 nitrogen and oxygen atoms in total. The second kappa shape index (κ2) is 7.05. The predicted octanol–water partition coefficient (Wildman–Crippen LogP) is 5.06. The molecular weight excluding hydrogens is 360 g/mol. The zero-order valence-electron chi connectivity index (χ0n) is 17.0. The lowest BCUT2D eigenvalue weighted by Gasteiger charge is -2.28. The molecule has 0 amide bonds. The van der Waals surface area contributed by atoms with Crippen LogP contribution in [-0.4, -0.2) is 37.7 Å². The van der Waals surface area contributed by atoms with Crippen molar-refractivity contribution in [3.63, 3.8) is 0 Å². The Morgan fingerprint density at radius 3 is 2.62 bits per heavy atom. The van der Waals surface area contributed by atoms with E-state index in [9.17, 15) is 0 Å². The zero-order valence-corrected chi connectivity index (χ0v) is 17.0. The fourth-order valence-corrected chi connectivity index (χ4v) is 4.47. The van der Waals surface area contributed by atoms with Crippen LogP contribution in [0.4, 0.5) is 0 Å². The quantitative estimate of drug-likeness (QED) is 0.463. The van der Waals surface area contributed by atoms with E-state index in [1.807, 2.05) is 12.1 Å². The fraction of sp³-hybridized carbons (Fsp3) is 0.240. The van der Waals surface area contributed by atoms with Gasteiger partial charge in [-0.05, 0) is 53.6 Å². The Hall–Kier alpha value is -3.11. The molecule has 0 saturated heterocycles. The third-order valence-electron chi connectivity index (χ3n) is 5.93. The van der Waals surface area contributed by atoms with Crippen LogP contribution in [0.1, 0.15) is 11.1 Å². The van der Waals surface area contributed by atoms with Gasteiger partial charge in [0, 0.05) is 30.1 Å². The number of fused-ring (bicyclic) bond motifs is 5. The second-order valence-corrected chi connectivity index (χ2v) is 7.65. The maximum Gasteiger partial charge on any atom is 0.131 e. The second-order valence-electron chi connectivity index (χ2n) is 7.65. The van der Waals surface area contributed by atoms with Crippen molar-refractivity contribution < 1.29 is 9.47 Å². The highest BCUT2D eigenvalue weighted by atomic mass is 16.5. The van der Waals surface area contributed by atoms with Gasteiger partial charge in [-0.25, -0.2) is 4.98 Å². The number of hydrogen-bond donors (Lipinski definition) is 0. The average Bonchev–Trinajstić information content (AvgIpc) is 2.77. The Bertz CT molecular complexity index is 1230. The molecule has 0 saturated carbocycles. The first-order valence-electron chi connectivity index (χ1n) is 9.93. The fourth-order valence-electron chi connectivity index (χ4n) is 4.47. The van der Waals surface area contributed by atoms with Crippen LogP contribution in [0.2, 0.25) is 0 Å². The van der Waals surface area contributed by atoms with Gasteiger partial charge in [-0.15, -0.1) is 0 Å². The molecular formula is C25H24N2O2. The monoisotopic (exact) mass is 384 g/mol. The van der Waals surface area contributed by atoms with Gasteiger partial charge in [0.25, 0.3) is 0 Å². The molecule has 0 unspecified atom stereocenters. The van der Waals surface area contributed by atoms with Crippen LogP contribution >= 0.6 is 0 Å². The minimum Gasteiger partial charge on any atom is -0.497 e. The summed E-state index contributed by atoms with van der Waals surface area (Å²) in [6.07, 6.45) is 1.02. The Labute approximate surface area is 170 Å². The van der Waals surface area contributed by atoms with Crippen LogP contribution in [0.3, 0.4) is 0 Å². The van der Waals surface area contributed by atoms with Crippen LogP contribution in [0.25, 0.3) is 32.9 Å². The number of likely N-dealkylation sites (N-methyl/N-ethyl adjacent to an activating group) is 1. The van der Waals surface area contributed by atoms with Gasteiger partial charge in [0.1, 0.15) is 11.5 Å². The van der Waals surface area contributed by atoms with E-state index in [4.69, 9.17) is 14.5 Å². The van der Waals surface area contributed by atoms with Gasteiger partial charge in [-0.3, -0.25) is 0 Å². The zero-order chi connectivity index (χ0) is 20.0. The summed E-state index contributed by atoms with van der Waals surface area (Å²) in [5.74, 6) is 1.57. The van der Waals surface area contributed by atoms with Crippen molar-refractivity contribution in [3.8, 4) is 22.8 Å². The number of hydrogen-bond acceptors (Lipinski definition) is 4. The molecule has 0 aliphatic carbocycles. The summed E-state index contributed by atoms with van der Waals surface area (Å²) in [7, 11) is 5.54. The number of methoxy groups -OCH3 is 2. The third-order valence-corrected chi connectivity index (χ3v) is 5.93. The molecule has 0 atom stereocenters. The lowest BCUT2D eigenvalue weighted by Crippen LogP contribution is -2.27. The highest BCUT2D eigenvalue weighted by Crippen LogP contribution is 2.40. The number of aromatic nitrogens is 1. The van der Waals surface area contributed by atoms with Gasteiger partial charge >= 0.3 is 0 Å². The number of pyridine rings is 1. The average molecular weight is 384 g/mol. The first-order chi connectivity index (χ1) is 14.2. The summed E-state index contributed by atoms with van der Waals surface area (Å²) in [4.78, 5) is 7.52. The smallest absolute Gasteiger partial charge is 0.131 e. The molecule has 1 aliphatic rings.